The normalized spacial score (nSPS) is 10.6. The minimum Gasteiger partial charge on any atom is -0.461 e. The van der Waals surface area contributed by atoms with Gasteiger partial charge >= 0.3 is 5.97 Å². The van der Waals surface area contributed by atoms with E-state index < -0.39 is 5.97 Å². The fourth-order valence-corrected chi connectivity index (χ4v) is 2.80. The van der Waals surface area contributed by atoms with Crippen LogP contribution in [-0.4, -0.2) is 22.7 Å². The summed E-state index contributed by atoms with van der Waals surface area (Å²) in [5.74, 6) is -0.0349. The lowest BCUT2D eigenvalue weighted by molar-refractivity contribution is 0.0488. The number of nitrogens with zero attached hydrogens (tertiary/aromatic N) is 2. The molecule has 0 fully saturated rings. The van der Waals surface area contributed by atoms with E-state index in [-0.39, 0.29) is 5.69 Å². The lowest BCUT2D eigenvalue weighted by Crippen LogP contribution is -2.06. The van der Waals surface area contributed by atoms with E-state index in [9.17, 15) is 4.79 Å². The molecule has 0 radical (unpaired) electrons. The van der Waals surface area contributed by atoms with Crippen LogP contribution >= 0.6 is 11.3 Å². The number of aryl methyl sites for hydroxylation is 1. The summed E-state index contributed by atoms with van der Waals surface area (Å²) in [7, 11) is 0. The van der Waals surface area contributed by atoms with Gasteiger partial charge in [-0.3, -0.25) is 0 Å². The van der Waals surface area contributed by atoms with Gasteiger partial charge in [0.2, 0.25) is 0 Å². The number of esters is 1. The molecule has 1 N–H and O–H groups in total. The Hall–Kier alpha value is -2.67. The summed E-state index contributed by atoms with van der Waals surface area (Å²) in [6.07, 6.45) is 1.80. The van der Waals surface area contributed by atoms with Gasteiger partial charge in [0.1, 0.15) is 5.69 Å². The lowest BCUT2D eigenvalue weighted by Gasteiger charge is -2.02. The number of aromatic nitrogens is 2. The second-order valence-corrected chi connectivity index (χ2v) is 6.45. The number of unbranched alkanes of at least 4 members (excludes halogenated alkanes) is 1. The molecule has 0 bridgehead atoms. The third kappa shape index (κ3) is 4.45. The SMILES string of the molecule is CCCCOC(=O)c1cc(-c2csc(Nc3ccc(C)cc3)n2)on1. The molecule has 0 aliphatic carbocycles. The van der Waals surface area contributed by atoms with E-state index in [1.165, 1.54) is 16.9 Å². The monoisotopic (exact) mass is 357 g/mol. The molecule has 0 saturated carbocycles. The average molecular weight is 357 g/mol. The highest BCUT2D eigenvalue weighted by atomic mass is 32.1. The summed E-state index contributed by atoms with van der Waals surface area (Å²) in [6, 6.07) is 9.61. The molecular weight excluding hydrogens is 338 g/mol. The highest BCUT2D eigenvalue weighted by Crippen LogP contribution is 2.27. The zero-order valence-corrected chi connectivity index (χ0v) is 14.9. The molecule has 0 spiro atoms. The van der Waals surface area contributed by atoms with Crippen molar-refractivity contribution in [1.29, 1.82) is 0 Å². The molecule has 0 aliphatic rings. The van der Waals surface area contributed by atoms with Crippen molar-refractivity contribution in [3.8, 4) is 11.5 Å². The summed E-state index contributed by atoms with van der Waals surface area (Å²) in [5.41, 5.74) is 2.95. The standard InChI is InChI=1S/C18H19N3O3S/c1-3-4-9-23-17(22)14-10-16(24-21-14)15-11-25-18(20-15)19-13-7-5-12(2)6-8-13/h5-8,10-11H,3-4,9H2,1-2H3,(H,19,20). The van der Waals surface area contributed by atoms with Crippen LogP contribution in [0, 0.1) is 6.92 Å². The first kappa shape index (κ1) is 17.2. The molecule has 0 unspecified atom stereocenters. The van der Waals surface area contributed by atoms with Gasteiger partial charge in [-0.15, -0.1) is 11.3 Å². The molecule has 0 amide bonds. The Morgan fingerprint density at radius 1 is 1.32 bits per heavy atom. The van der Waals surface area contributed by atoms with E-state index in [0.717, 1.165) is 23.7 Å². The van der Waals surface area contributed by atoms with Crippen LogP contribution in [0.2, 0.25) is 0 Å². The van der Waals surface area contributed by atoms with Crippen LogP contribution in [0.5, 0.6) is 0 Å². The van der Waals surface area contributed by atoms with Crippen molar-refractivity contribution in [3.05, 3.63) is 47.0 Å². The number of benzene rings is 1. The number of rotatable bonds is 7. The van der Waals surface area contributed by atoms with Gasteiger partial charge in [0.15, 0.2) is 16.6 Å². The number of hydrogen-bond donors (Lipinski definition) is 1. The molecule has 25 heavy (non-hydrogen) atoms. The Labute approximate surface area is 149 Å². The summed E-state index contributed by atoms with van der Waals surface area (Å²) in [4.78, 5) is 16.3. The molecule has 2 aromatic heterocycles. The molecule has 0 atom stereocenters. The third-order valence-corrected chi connectivity index (χ3v) is 4.27. The molecule has 7 heteroatoms. The summed E-state index contributed by atoms with van der Waals surface area (Å²) < 4.78 is 10.3. The van der Waals surface area contributed by atoms with Crippen LogP contribution in [0.15, 0.2) is 40.2 Å². The number of ether oxygens (including phenoxy) is 1. The van der Waals surface area contributed by atoms with E-state index >= 15 is 0 Å². The van der Waals surface area contributed by atoms with Gasteiger partial charge in [0, 0.05) is 17.1 Å². The predicted molar refractivity (Wildman–Crippen MR) is 97.3 cm³/mol. The van der Waals surface area contributed by atoms with E-state index in [2.05, 4.69) is 15.5 Å². The van der Waals surface area contributed by atoms with Gasteiger partial charge < -0.3 is 14.6 Å². The van der Waals surface area contributed by atoms with E-state index in [1.54, 1.807) is 6.07 Å². The third-order valence-electron chi connectivity index (χ3n) is 3.51. The van der Waals surface area contributed by atoms with Gasteiger partial charge in [-0.2, -0.15) is 0 Å². The molecule has 2 heterocycles. The fraction of sp³-hybridized carbons (Fsp3) is 0.278. The Morgan fingerprint density at radius 3 is 2.88 bits per heavy atom. The van der Waals surface area contributed by atoms with E-state index in [1.807, 2.05) is 43.5 Å². The average Bonchev–Trinajstić information content (AvgIpc) is 3.26. The smallest absolute Gasteiger partial charge is 0.360 e. The zero-order valence-electron chi connectivity index (χ0n) is 14.1. The highest BCUT2D eigenvalue weighted by Gasteiger charge is 2.16. The van der Waals surface area contributed by atoms with Crippen LogP contribution < -0.4 is 5.32 Å². The first-order valence-corrected chi connectivity index (χ1v) is 8.97. The topological polar surface area (TPSA) is 77.2 Å². The summed E-state index contributed by atoms with van der Waals surface area (Å²) in [6.45, 7) is 4.46. The Balaban J connectivity index is 1.66. The summed E-state index contributed by atoms with van der Waals surface area (Å²) in [5, 5.41) is 9.60. The number of carbonyl (C=O) groups is 1. The maximum atomic E-state index is 11.9. The van der Waals surface area contributed by atoms with Gasteiger partial charge in [-0.05, 0) is 25.5 Å². The van der Waals surface area contributed by atoms with Crippen molar-refractivity contribution in [2.45, 2.75) is 26.7 Å². The van der Waals surface area contributed by atoms with Crippen LogP contribution in [0.4, 0.5) is 10.8 Å². The van der Waals surface area contributed by atoms with Crippen LogP contribution in [0.25, 0.3) is 11.5 Å². The van der Waals surface area contributed by atoms with Crippen molar-refractivity contribution in [2.24, 2.45) is 0 Å². The summed E-state index contributed by atoms with van der Waals surface area (Å²) >= 11 is 1.45. The fourth-order valence-electron chi connectivity index (χ4n) is 2.08. The van der Waals surface area contributed by atoms with Crippen LogP contribution in [0.3, 0.4) is 0 Å². The molecule has 0 aliphatic heterocycles. The lowest BCUT2D eigenvalue weighted by atomic mass is 10.2. The number of carbonyl (C=O) groups excluding carboxylic acids is 1. The number of thiazole rings is 1. The van der Waals surface area contributed by atoms with Crippen LogP contribution in [-0.2, 0) is 4.74 Å². The second kappa shape index (κ2) is 7.94. The predicted octanol–water partition coefficient (Wildman–Crippen LogP) is 4.81. The second-order valence-electron chi connectivity index (χ2n) is 5.59. The molecule has 0 saturated heterocycles. The molecule has 130 valence electrons. The number of hydrogen-bond acceptors (Lipinski definition) is 7. The Morgan fingerprint density at radius 2 is 2.12 bits per heavy atom. The van der Waals surface area contributed by atoms with Gasteiger partial charge in [-0.25, -0.2) is 9.78 Å². The minimum atomic E-state index is -0.475. The largest absolute Gasteiger partial charge is 0.461 e. The Kier molecular flexibility index (Phi) is 5.45. The van der Waals surface area contributed by atoms with Crippen molar-refractivity contribution in [1.82, 2.24) is 10.1 Å². The minimum absolute atomic E-state index is 0.159. The van der Waals surface area contributed by atoms with Crippen molar-refractivity contribution in [3.63, 3.8) is 0 Å². The number of anilines is 2. The van der Waals surface area contributed by atoms with Gasteiger partial charge in [-0.1, -0.05) is 36.2 Å². The Bertz CT molecular complexity index is 839. The highest BCUT2D eigenvalue weighted by molar-refractivity contribution is 7.14. The quantitative estimate of drug-likeness (QED) is 0.483. The first-order valence-electron chi connectivity index (χ1n) is 8.09. The van der Waals surface area contributed by atoms with Crippen molar-refractivity contribution >= 4 is 28.1 Å². The van der Waals surface area contributed by atoms with Gasteiger partial charge in [0.25, 0.3) is 0 Å². The van der Waals surface area contributed by atoms with Crippen LogP contribution in [0.1, 0.15) is 35.8 Å². The zero-order chi connectivity index (χ0) is 17.6. The van der Waals surface area contributed by atoms with E-state index in [4.69, 9.17) is 9.26 Å². The molecular formula is C18H19N3O3S. The molecule has 3 aromatic rings. The molecule has 1 aromatic carbocycles. The maximum Gasteiger partial charge on any atom is 0.360 e. The molecule has 3 rings (SSSR count). The van der Waals surface area contributed by atoms with Crippen molar-refractivity contribution in [2.75, 3.05) is 11.9 Å². The van der Waals surface area contributed by atoms with Gasteiger partial charge in [0.05, 0.1) is 6.61 Å². The van der Waals surface area contributed by atoms with Crippen molar-refractivity contribution < 1.29 is 14.1 Å². The number of nitrogens with one attached hydrogen (secondary N) is 1. The molecule has 6 nitrogen and oxygen atoms in total. The first-order chi connectivity index (χ1) is 12.2. The van der Waals surface area contributed by atoms with E-state index in [0.29, 0.717) is 18.1 Å². The maximum absolute atomic E-state index is 11.9.